The lowest BCUT2D eigenvalue weighted by atomic mass is 10.2. The van der Waals surface area contributed by atoms with Crippen molar-refractivity contribution in [1.82, 2.24) is 4.90 Å². The Hall–Kier alpha value is -1.27. The minimum Gasteiger partial charge on any atom is -0.480 e. The molecule has 1 aliphatic rings. The fraction of sp³-hybridized carbons (Fsp3) is 0.333. The zero-order valence-electron chi connectivity index (χ0n) is 9.90. The molecule has 1 atom stereocenters. The predicted molar refractivity (Wildman–Crippen MR) is 75.5 cm³/mol. The van der Waals surface area contributed by atoms with Gasteiger partial charge in [-0.05, 0) is 40.9 Å². The number of carbonyl (C=O) groups excluding carboxylic acids is 1. The van der Waals surface area contributed by atoms with Crippen molar-refractivity contribution < 1.29 is 14.7 Å². The van der Waals surface area contributed by atoms with Gasteiger partial charge >= 0.3 is 12.0 Å². The van der Waals surface area contributed by atoms with Crippen molar-refractivity contribution in [2.75, 3.05) is 11.9 Å². The number of likely N-dealkylation sites (tertiary alicyclic amines) is 1. The standard InChI is InChI=1S/C12H12BrClN2O3/c13-10-7(14)3-1-4-8(10)15-12(19)16-6-2-5-9(16)11(17)18/h1,3-4,9H,2,5-6H2,(H,15,19)(H,17,18). The third-order valence-corrected chi connectivity index (χ3v) is 4.39. The van der Waals surface area contributed by atoms with Crippen molar-refractivity contribution in [1.29, 1.82) is 0 Å². The summed E-state index contributed by atoms with van der Waals surface area (Å²) >= 11 is 9.21. The maximum atomic E-state index is 12.1. The summed E-state index contributed by atoms with van der Waals surface area (Å²) in [5.41, 5.74) is 0.522. The Morgan fingerprint density at radius 3 is 2.89 bits per heavy atom. The molecule has 0 aromatic heterocycles. The Morgan fingerprint density at radius 1 is 1.47 bits per heavy atom. The van der Waals surface area contributed by atoms with Crippen LogP contribution < -0.4 is 5.32 Å². The number of carboxylic acids is 1. The Balaban J connectivity index is 2.13. The highest BCUT2D eigenvalue weighted by Gasteiger charge is 2.34. The quantitative estimate of drug-likeness (QED) is 0.863. The molecule has 0 bridgehead atoms. The highest BCUT2D eigenvalue weighted by atomic mass is 79.9. The molecule has 1 unspecified atom stereocenters. The number of carbonyl (C=O) groups is 2. The maximum Gasteiger partial charge on any atom is 0.326 e. The van der Waals surface area contributed by atoms with Crippen molar-refractivity contribution in [3.8, 4) is 0 Å². The molecule has 7 heteroatoms. The van der Waals surface area contributed by atoms with Crippen LogP contribution in [-0.2, 0) is 4.79 Å². The highest BCUT2D eigenvalue weighted by Crippen LogP contribution is 2.30. The lowest BCUT2D eigenvalue weighted by molar-refractivity contribution is -0.141. The van der Waals surface area contributed by atoms with E-state index < -0.39 is 18.0 Å². The van der Waals surface area contributed by atoms with Gasteiger partial charge in [-0.2, -0.15) is 0 Å². The number of nitrogens with one attached hydrogen (secondary N) is 1. The third-order valence-electron chi connectivity index (χ3n) is 2.99. The van der Waals surface area contributed by atoms with E-state index >= 15 is 0 Å². The van der Waals surface area contributed by atoms with Gasteiger partial charge in [0, 0.05) is 6.54 Å². The molecule has 1 fully saturated rings. The number of aliphatic carboxylic acids is 1. The number of hydrogen-bond donors (Lipinski definition) is 2. The first-order valence-corrected chi connectivity index (χ1v) is 6.92. The summed E-state index contributed by atoms with van der Waals surface area (Å²) in [5.74, 6) is -0.974. The molecule has 1 aromatic rings. The van der Waals surface area contributed by atoms with Crippen LogP contribution in [0.1, 0.15) is 12.8 Å². The number of benzene rings is 1. The summed E-state index contributed by atoms with van der Waals surface area (Å²) in [4.78, 5) is 24.4. The van der Waals surface area contributed by atoms with Gasteiger partial charge in [0.1, 0.15) is 6.04 Å². The van der Waals surface area contributed by atoms with Gasteiger partial charge in [-0.1, -0.05) is 17.7 Å². The first-order valence-electron chi connectivity index (χ1n) is 5.75. The van der Waals surface area contributed by atoms with Gasteiger partial charge in [-0.15, -0.1) is 0 Å². The van der Waals surface area contributed by atoms with Crippen LogP contribution >= 0.6 is 27.5 Å². The molecular formula is C12H12BrClN2O3. The van der Waals surface area contributed by atoms with E-state index in [9.17, 15) is 9.59 Å². The molecule has 0 aliphatic carbocycles. The number of carboxylic acid groups (broad SMARTS) is 1. The predicted octanol–water partition coefficient (Wildman–Crippen LogP) is 3.18. The van der Waals surface area contributed by atoms with Crippen LogP contribution in [0.3, 0.4) is 0 Å². The molecule has 2 amide bonds. The van der Waals surface area contributed by atoms with E-state index in [1.54, 1.807) is 18.2 Å². The van der Waals surface area contributed by atoms with Gasteiger partial charge in [0.15, 0.2) is 0 Å². The van der Waals surface area contributed by atoms with Crippen molar-refractivity contribution >= 4 is 45.2 Å². The van der Waals surface area contributed by atoms with Gasteiger partial charge in [0.25, 0.3) is 0 Å². The first kappa shape index (κ1) is 14.1. The SMILES string of the molecule is O=C(O)C1CCCN1C(=O)Nc1cccc(Cl)c1Br. The van der Waals surface area contributed by atoms with Crippen LogP contribution in [-0.4, -0.2) is 34.6 Å². The Labute approximate surface area is 123 Å². The van der Waals surface area contributed by atoms with Gasteiger partial charge in [-0.3, -0.25) is 0 Å². The molecule has 1 aromatic carbocycles. The summed E-state index contributed by atoms with van der Waals surface area (Å²) in [6.07, 6.45) is 1.18. The zero-order chi connectivity index (χ0) is 14.0. The molecule has 1 aliphatic heterocycles. The fourth-order valence-electron chi connectivity index (χ4n) is 2.05. The Morgan fingerprint density at radius 2 is 2.21 bits per heavy atom. The van der Waals surface area contributed by atoms with E-state index in [4.69, 9.17) is 16.7 Å². The molecular weight excluding hydrogens is 336 g/mol. The molecule has 1 heterocycles. The number of urea groups is 1. The molecule has 2 N–H and O–H groups in total. The largest absolute Gasteiger partial charge is 0.480 e. The molecule has 19 heavy (non-hydrogen) atoms. The van der Waals surface area contributed by atoms with Crippen molar-refractivity contribution in [2.45, 2.75) is 18.9 Å². The Kier molecular flexibility index (Phi) is 4.31. The molecule has 2 rings (SSSR count). The lowest BCUT2D eigenvalue weighted by Crippen LogP contribution is -2.42. The molecule has 0 radical (unpaired) electrons. The minimum atomic E-state index is -0.974. The summed E-state index contributed by atoms with van der Waals surface area (Å²) in [5, 5.41) is 12.2. The first-order chi connectivity index (χ1) is 9.00. The lowest BCUT2D eigenvalue weighted by Gasteiger charge is -2.22. The van der Waals surface area contributed by atoms with E-state index in [1.165, 1.54) is 4.90 Å². The molecule has 0 spiro atoms. The van der Waals surface area contributed by atoms with Crippen molar-refractivity contribution in [3.05, 3.63) is 27.7 Å². The van der Waals surface area contributed by atoms with Crippen LogP contribution in [0.2, 0.25) is 5.02 Å². The second-order valence-electron chi connectivity index (χ2n) is 4.22. The number of nitrogens with zero attached hydrogens (tertiary/aromatic N) is 1. The van der Waals surface area contributed by atoms with Crippen molar-refractivity contribution in [3.63, 3.8) is 0 Å². The van der Waals surface area contributed by atoms with Crippen LogP contribution in [0.4, 0.5) is 10.5 Å². The van der Waals surface area contributed by atoms with E-state index in [2.05, 4.69) is 21.2 Å². The summed E-state index contributed by atoms with van der Waals surface area (Å²) in [7, 11) is 0. The fourth-order valence-corrected chi connectivity index (χ4v) is 2.59. The van der Waals surface area contributed by atoms with E-state index in [0.29, 0.717) is 34.6 Å². The smallest absolute Gasteiger partial charge is 0.326 e. The number of rotatable bonds is 2. The summed E-state index contributed by atoms with van der Waals surface area (Å²) in [6.45, 7) is 0.445. The van der Waals surface area contributed by atoms with Crippen LogP contribution in [0.5, 0.6) is 0 Å². The number of anilines is 1. The summed E-state index contributed by atoms with van der Waals surface area (Å²) < 4.78 is 0.580. The highest BCUT2D eigenvalue weighted by molar-refractivity contribution is 9.10. The minimum absolute atomic E-state index is 0.423. The van der Waals surface area contributed by atoms with Gasteiger partial charge < -0.3 is 15.3 Å². The zero-order valence-corrected chi connectivity index (χ0v) is 12.2. The van der Waals surface area contributed by atoms with Crippen LogP contribution in [0, 0.1) is 0 Å². The third kappa shape index (κ3) is 3.01. The monoisotopic (exact) mass is 346 g/mol. The van der Waals surface area contributed by atoms with Gasteiger partial charge in [0.05, 0.1) is 15.2 Å². The number of halogens is 2. The molecule has 5 nitrogen and oxygen atoms in total. The van der Waals surface area contributed by atoms with Gasteiger partial charge in [0.2, 0.25) is 0 Å². The van der Waals surface area contributed by atoms with Crippen LogP contribution in [0.25, 0.3) is 0 Å². The maximum absolute atomic E-state index is 12.1. The van der Waals surface area contributed by atoms with Crippen molar-refractivity contribution in [2.24, 2.45) is 0 Å². The Bertz CT molecular complexity index is 524. The van der Waals surface area contributed by atoms with E-state index in [0.717, 1.165) is 0 Å². The average molecular weight is 348 g/mol. The summed E-state index contributed by atoms with van der Waals surface area (Å²) in [6, 6.07) is 3.92. The van der Waals surface area contributed by atoms with Gasteiger partial charge in [-0.25, -0.2) is 9.59 Å². The van der Waals surface area contributed by atoms with E-state index in [-0.39, 0.29) is 0 Å². The van der Waals surface area contributed by atoms with E-state index in [1.807, 2.05) is 0 Å². The number of hydrogen-bond acceptors (Lipinski definition) is 2. The molecule has 0 saturated carbocycles. The number of amides is 2. The normalized spacial score (nSPS) is 18.4. The molecule has 102 valence electrons. The average Bonchev–Trinajstić information content (AvgIpc) is 2.84. The topological polar surface area (TPSA) is 69.6 Å². The molecule has 1 saturated heterocycles. The van der Waals surface area contributed by atoms with Crippen LogP contribution in [0.15, 0.2) is 22.7 Å². The second-order valence-corrected chi connectivity index (χ2v) is 5.42. The second kappa shape index (κ2) is 5.79.